The first-order valence-corrected chi connectivity index (χ1v) is 7.78. The maximum Gasteiger partial charge on any atom is 0.120 e. The zero-order valence-electron chi connectivity index (χ0n) is 11.6. The third-order valence-electron chi connectivity index (χ3n) is 2.83. The highest BCUT2D eigenvalue weighted by Gasteiger charge is 2.00. The number of nitrogens with one attached hydrogen (secondary N) is 1. The average molecular weight is 304 g/mol. The van der Waals surface area contributed by atoms with Crippen molar-refractivity contribution in [3.05, 3.63) is 28.2 Å². The second-order valence-electron chi connectivity index (χ2n) is 4.59. The van der Waals surface area contributed by atoms with Crippen LogP contribution in [0.2, 0.25) is 10.0 Å². The van der Waals surface area contributed by atoms with E-state index in [9.17, 15) is 0 Å². The van der Waals surface area contributed by atoms with Crippen LogP contribution in [0.3, 0.4) is 0 Å². The molecule has 0 saturated carbocycles. The summed E-state index contributed by atoms with van der Waals surface area (Å²) in [6.07, 6.45) is 5.98. The van der Waals surface area contributed by atoms with Gasteiger partial charge in [0.1, 0.15) is 5.75 Å². The molecule has 0 radical (unpaired) electrons. The van der Waals surface area contributed by atoms with Crippen LogP contribution in [0, 0.1) is 0 Å². The van der Waals surface area contributed by atoms with Gasteiger partial charge in [0.15, 0.2) is 0 Å². The molecule has 0 aliphatic rings. The quantitative estimate of drug-likeness (QED) is 0.619. The fraction of sp³-hybridized carbons (Fsp3) is 0.600. The number of halogens is 2. The van der Waals surface area contributed by atoms with Crippen molar-refractivity contribution in [3.63, 3.8) is 0 Å². The maximum atomic E-state index is 5.92. The van der Waals surface area contributed by atoms with Crippen molar-refractivity contribution >= 4 is 23.2 Å². The van der Waals surface area contributed by atoms with Gasteiger partial charge in [-0.05, 0) is 44.5 Å². The molecule has 0 amide bonds. The van der Waals surface area contributed by atoms with Crippen molar-refractivity contribution in [2.45, 2.75) is 39.0 Å². The van der Waals surface area contributed by atoms with Crippen molar-refractivity contribution < 1.29 is 4.74 Å². The van der Waals surface area contributed by atoms with E-state index < -0.39 is 0 Å². The molecule has 0 fully saturated rings. The second kappa shape index (κ2) is 10.4. The molecule has 1 aromatic rings. The van der Waals surface area contributed by atoms with Gasteiger partial charge in [0.05, 0.1) is 16.7 Å². The number of hydrogen-bond acceptors (Lipinski definition) is 2. The molecule has 19 heavy (non-hydrogen) atoms. The largest absolute Gasteiger partial charge is 0.494 e. The molecule has 2 nitrogen and oxygen atoms in total. The van der Waals surface area contributed by atoms with Gasteiger partial charge in [-0.3, -0.25) is 0 Å². The monoisotopic (exact) mass is 303 g/mol. The SMILES string of the molecule is CCCNCCCCCCOc1ccc(Cl)c(Cl)c1. The molecule has 0 atom stereocenters. The van der Waals surface area contributed by atoms with Gasteiger partial charge in [0.2, 0.25) is 0 Å². The van der Waals surface area contributed by atoms with E-state index in [2.05, 4.69) is 12.2 Å². The Morgan fingerprint density at radius 3 is 2.53 bits per heavy atom. The summed E-state index contributed by atoms with van der Waals surface area (Å²) < 4.78 is 5.63. The number of benzene rings is 1. The number of rotatable bonds is 10. The molecule has 108 valence electrons. The molecule has 0 spiro atoms. The third-order valence-corrected chi connectivity index (χ3v) is 3.57. The molecule has 1 N–H and O–H groups in total. The lowest BCUT2D eigenvalue weighted by Gasteiger charge is -2.07. The number of unbranched alkanes of at least 4 members (excludes halogenated alkanes) is 3. The summed E-state index contributed by atoms with van der Waals surface area (Å²) >= 11 is 11.8. The minimum atomic E-state index is 0.543. The first-order chi connectivity index (χ1) is 9.24. The fourth-order valence-corrected chi connectivity index (χ4v) is 2.05. The lowest BCUT2D eigenvalue weighted by atomic mass is 10.2. The van der Waals surface area contributed by atoms with E-state index in [1.807, 2.05) is 6.07 Å². The first-order valence-electron chi connectivity index (χ1n) is 7.02. The maximum absolute atomic E-state index is 5.92. The van der Waals surface area contributed by atoms with Crippen molar-refractivity contribution in [1.29, 1.82) is 0 Å². The predicted molar refractivity (Wildman–Crippen MR) is 83.6 cm³/mol. The van der Waals surface area contributed by atoms with Crippen LogP contribution < -0.4 is 10.1 Å². The molecule has 4 heteroatoms. The number of hydrogen-bond donors (Lipinski definition) is 1. The summed E-state index contributed by atoms with van der Waals surface area (Å²) in [5, 5.41) is 4.51. The molecule has 0 saturated heterocycles. The van der Waals surface area contributed by atoms with E-state index in [1.165, 1.54) is 25.7 Å². The molecule has 0 unspecified atom stereocenters. The normalized spacial score (nSPS) is 10.7. The Hall–Kier alpha value is -0.440. The van der Waals surface area contributed by atoms with Crippen LogP contribution >= 0.6 is 23.2 Å². The molecule has 0 aromatic heterocycles. The summed E-state index contributed by atoms with van der Waals surface area (Å²) in [6, 6.07) is 5.38. The summed E-state index contributed by atoms with van der Waals surface area (Å²) in [6.45, 7) is 5.18. The minimum Gasteiger partial charge on any atom is -0.494 e. The van der Waals surface area contributed by atoms with Crippen LogP contribution in [-0.2, 0) is 0 Å². The Kier molecular flexibility index (Phi) is 9.06. The highest BCUT2D eigenvalue weighted by molar-refractivity contribution is 6.42. The molecule has 0 bridgehead atoms. The Labute approximate surface area is 126 Å². The van der Waals surface area contributed by atoms with E-state index in [-0.39, 0.29) is 0 Å². The van der Waals surface area contributed by atoms with E-state index in [1.54, 1.807) is 12.1 Å². The first kappa shape index (κ1) is 16.6. The van der Waals surface area contributed by atoms with Crippen LogP contribution in [0.4, 0.5) is 0 Å². The molecular weight excluding hydrogens is 281 g/mol. The standard InChI is InChI=1S/C15H23Cl2NO/c1-2-9-18-10-5-3-4-6-11-19-13-7-8-14(16)15(17)12-13/h7-8,12,18H,2-6,9-11H2,1H3. The smallest absolute Gasteiger partial charge is 0.120 e. The molecule has 0 aliphatic carbocycles. The van der Waals surface area contributed by atoms with Crippen LogP contribution in [0.1, 0.15) is 39.0 Å². The van der Waals surface area contributed by atoms with Gasteiger partial charge in [0, 0.05) is 6.07 Å². The zero-order chi connectivity index (χ0) is 13.9. The molecule has 0 heterocycles. The Balaban J connectivity index is 2.00. The van der Waals surface area contributed by atoms with Gasteiger partial charge >= 0.3 is 0 Å². The van der Waals surface area contributed by atoms with Gasteiger partial charge in [-0.25, -0.2) is 0 Å². The summed E-state index contributed by atoms with van der Waals surface area (Å²) in [5.41, 5.74) is 0. The van der Waals surface area contributed by atoms with Crippen molar-refractivity contribution in [2.24, 2.45) is 0 Å². The topological polar surface area (TPSA) is 21.3 Å². The van der Waals surface area contributed by atoms with Crippen LogP contribution in [-0.4, -0.2) is 19.7 Å². The average Bonchev–Trinajstić information content (AvgIpc) is 2.41. The van der Waals surface area contributed by atoms with Crippen LogP contribution in [0.5, 0.6) is 5.75 Å². The Morgan fingerprint density at radius 1 is 1.00 bits per heavy atom. The van der Waals surface area contributed by atoms with Gasteiger partial charge in [-0.15, -0.1) is 0 Å². The van der Waals surface area contributed by atoms with Crippen LogP contribution in [0.15, 0.2) is 18.2 Å². The van der Waals surface area contributed by atoms with Gasteiger partial charge in [-0.2, -0.15) is 0 Å². The summed E-state index contributed by atoms with van der Waals surface area (Å²) in [4.78, 5) is 0. The highest BCUT2D eigenvalue weighted by atomic mass is 35.5. The lowest BCUT2D eigenvalue weighted by Crippen LogP contribution is -2.15. The van der Waals surface area contributed by atoms with E-state index in [0.29, 0.717) is 10.0 Å². The van der Waals surface area contributed by atoms with Crippen molar-refractivity contribution in [1.82, 2.24) is 5.32 Å². The zero-order valence-corrected chi connectivity index (χ0v) is 13.1. The minimum absolute atomic E-state index is 0.543. The van der Waals surface area contributed by atoms with Crippen molar-refractivity contribution in [2.75, 3.05) is 19.7 Å². The van der Waals surface area contributed by atoms with E-state index >= 15 is 0 Å². The lowest BCUT2D eigenvalue weighted by molar-refractivity contribution is 0.304. The summed E-state index contributed by atoms with van der Waals surface area (Å²) in [5.74, 6) is 0.791. The van der Waals surface area contributed by atoms with E-state index in [4.69, 9.17) is 27.9 Å². The molecule has 0 aliphatic heterocycles. The molecule has 1 aromatic carbocycles. The van der Waals surface area contributed by atoms with E-state index in [0.717, 1.165) is 31.9 Å². The van der Waals surface area contributed by atoms with Crippen LogP contribution in [0.25, 0.3) is 0 Å². The number of ether oxygens (including phenoxy) is 1. The Bertz CT molecular complexity index is 358. The van der Waals surface area contributed by atoms with Crippen molar-refractivity contribution in [3.8, 4) is 5.75 Å². The van der Waals surface area contributed by atoms with Gasteiger partial charge in [0.25, 0.3) is 0 Å². The van der Waals surface area contributed by atoms with Gasteiger partial charge in [-0.1, -0.05) is 43.0 Å². The highest BCUT2D eigenvalue weighted by Crippen LogP contribution is 2.26. The third kappa shape index (κ3) is 7.66. The fourth-order valence-electron chi connectivity index (χ4n) is 1.76. The molecular formula is C15H23Cl2NO. The van der Waals surface area contributed by atoms with Gasteiger partial charge < -0.3 is 10.1 Å². The summed E-state index contributed by atoms with van der Waals surface area (Å²) in [7, 11) is 0. The molecule has 1 rings (SSSR count). The predicted octanol–water partition coefficient (Wildman–Crippen LogP) is 4.93. The Morgan fingerprint density at radius 2 is 1.79 bits per heavy atom. The second-order valence-corrected chi connectivity index (χ2v) is 5.40.